The highest BCUT2D eigenvalue weighted by molar-refractivity contribution is 5.92. The van der Waals surface area contributed by atoms with Crippen molar-refractivity contribution in [2.24, 2.45) is 0 Å². The number of amides is 3. The van der Waals surface area contributed by atoms with Crippen molar-refractivity contribution in [1.82, 2.24) is 10.6 Å². The second kappa shape index (κ2) is 11.2. The van der Waals surface area contributed by atoms with Crippen LogP contribution in [0.15, 0.2) is 42.5 Å². The maximum atomic E-state index is 12.1. The van der Waals surface area contributed by atoms with Gasteiger partial charge < -0.3 is 30.2 Å². The highest BCUT2D eigenvalue weighted by Crippen LogP contribution is 2.29. The highest BCUT2D eigenvalue weighted by atomic mass is 16.5. The molecule has 0 saturated carbocycles. The molecule has 3 N–H and O–H groups in total. The SMILES string of the molecule is COc1cc(CNC(=O)CNC(=O)Nc2cccc(C)c2)ccc1OCC1CCCO1. The molecular weight excluding hydrogens is 398 g/mol. The van der Waals surface area contributed by atoms with E-state index in [9.17, 15) is 9.59 Å². The van der Waals surface area contributed by atoms with Crippen molar-refractivity contribution < 1.29 is 23.8 Å². The Bertz CT molecular complexity index is 897. The quantitative estimate of drug-likeness (QED) is 0.572. The van der Waals surface area contributed by atoms with E-state index in [-0.39, 0.29) is 18.6 Å². The summed E-state index contributed by atoms with van der Waals surface area (Å²) in [5, 5.41) is 8.02. The van der Waals surface area contributed by atoms with Crippen molar-refractivity contribution in [2.45, 2.75) is 32.4 Å². The first-order valence-corrected chi connectivity index (χ1v) is 10.3. The van der Waals surface area contributed by atoms with Gasteiger partial charge in [-0.15, -0.1) is 0 Å². The number of hydrogen-bond acceptors (Lipinski definition) is 5. The van der Waals surface area contributed by atoms with Crippen molar-refractivity contribution in [3.63, 3.8) is 0 Å². The van der Waals surface area contributed by atoms with Crippen LogP contribution in [-0.2, 0) is 16.1 Å². The molecule has 1 fully saturated rings. The fourth-order valence-corrected chi connectivity index (χ4v) is 3.22. The lowest BCUT2D eigenvalue weighted by Gasteiger charge is -2.15. The number of anilines is 1. The summed E-state index contributed by atoms with van der Waals surface area (Å²) >= 11 is 0. The van der Waals surface area contributed by atoms with E-state index < -0.39 is 6.03 Å². The Labute approximate surface area is 182 Å². The van der Waals surface area contributed by atoms with Crippen molar-refractivity contribution in [3.8, 4) is 11.5 Å². The van der Waals surface area contributed by atoms with E-state index in [1.54, 1.807) is 13.2 Å². The Balaban J connectivity index is 1.42. The van der Waals surface area contributed by atoms with Crippen molar-refractivity contribution >= 4 is 17.6 Å². The van der Waals surface area contributed by atoms with Crippen molar-refractivity contribution in [3.05, 3.63) is 53.6 Å². The van der Waals surface area contributed by atoms with Gasteiger partial charge in [0.1, 0.15) is 6.61 Å². The van der Waals surface area contributed by atoms with Gasteiger partial charge in [-0.05, 0) is 55.2 Å². The zero-order valence-electron chi connectivity index (χ0n) is 17.9. The second-order valence-corrected chi connectivity index (χ2v) is 7.39. The fraction of sp³-hybridized carbons (Fsp3) is 0.391. The summed E-state index contributed by atoms with van der Waals surface area (Å²) in [6, 6.07) is 12.5. The Hall–Kier alpha value is -3.26. The van der Waals surface area contributed by atoms with Crippen molar-refractivity contribution in [1.29, 1.82) is 0 Å². The molecule has 2 aromatic rings. The molecule has 1 heterocycles. The van der Waals surface area contributed by atoms with E-state index in [2.05, 4.69) is 16.0 Å². The van der Waals surface area contributed by atoms with Crippen molar-refractivity contribution in [2.75, 3.05) is 32.2 Å². The normalized spacial score (nSPS) is 15.2. The number of hydrogen-bond donors (Lipinski definition) is 3. The van der Waals surface area contributed by atoms with Crippen LogP contribution in [0, 0.1) is 6.92 Å². The summed E-state index contributed by atoms with van der Waals surface area (Å²) in [7, 11) is 1.58. The van der Waals surface area contributed by atoms with Crippen LogP contribution in [0.5, 0.6) is 11.5 Å². The first kappa shape index (κ1) is 22.4. The minimum atomic E-state index is -0.435. The average molecular weight is 428 g/mol. The third kappa shape index (κ3) is 7.18. The summed E-state index contributed by atoms with van der Waals surface area (Å²) < 4.78 is 16.8. The molecule has 0 aliphatic carbocycles. The van der Waals surface area contributed by atoms with Gasteiger partial charge in [-0.1, -0.05) is 18.2 Å². The Morgan fingerprint density at radius 1 is 1.13 bits per heavy atom. The van der Waals surface area contributed by atoms with E-state index in [0.29, 0.717) is 30.3 Å². The van der Waals surface area contributed by atoms with Gasteiger partial charge in [-0.2, -0.15) is 0 Å². The second-order valence-electron chi connectivity index (χ2n) is 7.39. The minimum Gasteiger partial charge on any atom is -0.493 e. The number of methoxy groups -OCH3 is 1. The Morgan fingerprint density at radius 2 is 2.00 bits per heavy atom. The van der Waals surface area contributed by atoms with Crippen LogP contribution < -0.4 is 25.4 Å². The third-order valence-electron chi connectivity index (χ3n) is 4.85. The third-order valence-corrected chi connectivity index (χ3v) is 4.85. The van der Waals surface area contributed by atoms with Crippen LogP contribution in [0.25, 0.3) is 0 Å². The molecule has 0 bridgehead atoms. The maximum Gasteiger partial charge on any atom is 0.319 e. The summed E-state index contributed by atoms with van der Waals surface area (Å²) in [6.45, 7) is 3.39. The molecule has 0 spiro atoms. The standard InChI is InChI=1S/C23H29N3O5/c1-16-5-3-6-18(11-16)26-23(28)25-14-22(27)24-13-17-8-9-20(21(12-17)29-2)31-15-19-7-4-10-30-19/h3,5-6,8-9,11-12,19H,4,7,10,13-15H2,1-2H3,(H,24,27)(H2,25,26,28). The summed E-state index contributed by atoms with van der Waals surface area (Å²) in [5.41, 5.74) is 2.57. The number of rotatable bonds is 9. The zero-order valence-corrected chi connectivity index (χ0v) is 17.9. The molecule has 1 atom stereocenters. The van der Waals surface area contributed by atoms with E-state index in [1.807, 2.05) is 43.3 Å². The number of urea groups is 1. The van der Waals surface area contributed by atoms with Gasteiger partial charge in [0.15, 0.2) is 11.5 Å². The topological polar surface area (TPSA) is 97.9 Å². The lowest BCUT2D eigenvalue weighted by Crippen LogP contribution is -2.38. The predicted octanol–water partition coefficient (Wildman–Crippen LogP) is 3.00. The molecule has 8 heteroatoms. The first-order chi connectivity index (χ1) is 15.0. The minimum absolute atomic E-state index is 0.124. The lowest BCUT2D eigenvalue weighted by atomic mass is 10.2. The number of carbonyl (C=O) groups is 2. The van der Waals surface area contributed by atoms with Gasteiger partial charge in [0.05, 0.1) is 19.8 Å². The first-order valence-electron chi connectivity index (χ1n) is 10.3. The van der Waals surface area contributed by atoms with Crippen LogP contribution in [-0.4, -0.2) is 44.9 Å². The smallest absolute Gasteiger partial charge is 0.319 e. The number of ether oxygens (including phenoxy) is 3. The van der Waals surface area contributed by atoms with Crippen LogP contribution in [0.3, 0.4) is 0 Å². The van der Waals surface area contributed by atoms with Gasteiger partial charge >= 0.3 is 6.03 Å². The maximum absolute atomic E-state index is 12.1. The molecular formula is C23H29N3O5. The summed E-state index contributed by atoms with van der Waals surface area (Å²) in [4.78, 5) is 24.0. The van der Waals surface area contributed by atoms with Gasteiger partial charge in [-0.3, -0.25) is 4.79 Å². The van der Waals surface area contributed by atoms with E-state index in [1.165, 1.54) is 0 Å². The number of aryl methyl sites for hydroxylation is 1. The van der Waals surface area contributed by atoms with E-state index in [4.69, 9.17) is 14.2 Å². The van der Waals surface area contributed by atoms with E-state index in [0.717, 1.165) is 30.6 Å². The van der Waals surface area contributed by atoms with Crippen LogP contribution in [0.4, 0.5) is 10.5 Å². The van der Waals surface area contributed by atoms with Gasteiger partial charge in [0, 0.05) is 18.8 Å². The molecule has 0 radical (unpaired) electrons. The van der Waals surface area contributed by atoms with E-state index >= 15 is 0 Å². The molecule has 2 aromatic carbocycles. The molecule has 1 saturated heterocycles. The average Bonchev–Trinajstić information content (AvgIpc) is 3.28. The summed E-state index contributed by atoms with van der Waals surface area (Å²) in [6.07, 6.45) is 2.19. The number of carbonyl (C=O) groups excluding carboxylic acids is 2. The lowest BCUT2D eigenvalue weighted by molar-refractivity contribution is -0.120. The van der Waals surface area contributed by atoms with Crippen LogP contribution in [0.2, 0.25) is 0 Å². The van der Waals surface area contributed by atoms with Crippen LogP contribution in [0.1, 0.15) is 24.0 Å². The van der Waals surface area contributed by atoms with Gasteiger partial charge in [0.25, 0.3) is 0 Å². The molecule has 3 amide bonds. The largest absolute Gasteiger partial charge is 0.493 e. The fourth-order valence-electron chi connectivity index (χ4n) is 3.22. The monoisotopic (exact) mass is 427 g/mol. The molecule has 166 valence electrons. The summed E-state index contributed by atoms with van der Waals surface area (Å²) in [5.74, 6) is 0.944. The Morgan fingerprint density at radius 3 is 2.74 bits per heavy atom. The predicted molar refractivity (Wildman–Crippen MR) is 118 cm³/mol. The molecule has 31 heavy (non-hydrogen) atoms. The highest BCUT2D eigenvalue weighted by Gasteiger charge is 2.17. The molecule has 8 nitrogen and oxygen atoms in total. The number of benzene rings is 2. The molecule has 0 aromatic heterocycles. The number of nitrogens with one attached hydrogen (secondary N) is 3. The zero-order chi connectivity index (χ0) is 22.1. The van der Waals surface area contributed by atoms with Gasteiger partial charge in [0.2, 0.25) is 5.91 Å². The molecule has 1 aliphatic rings. The molecule has 1 aliphatic heterocycles. The van der Waals surface area contributed by atoms with Crippen LogP contribution >= 0.6 is 0 Å². The molecule has 3 rings (SSSR count). The molecule has 1 unspecified atom stereocenters. The van der Waals surface area contributed by atoms with Gasteiger partial charge in [-0.25, -0.2) is 4.79 Å². The Kier molecular flexibility index (Phi) is 8.12.